The van der Waals surface area contributed by atoms with Gasteiger partial charge in [0.15, 0.2) is 0 Å². The zero-order valence-electron chi connectivity index (χ0n) is 37.3. The second kappa shape index (κ2) is 10.5. The van der Waals surface area contributed by atoms with E-state index in [4.69, 9.17) is 19.2 Å². The molecule has 0 spiro atoms. The Kier molecular flexibility index (Phi) is 3.67. The topological polar surface area (TPSA) is 9.86 Å². The van der Waals surface area contributed by atoms with Crippen LogP contribution in [0.1, 0.15) is 19.2 Å². The Hall–Kier alpha value is -5.13. The highest BCUT2D eigenvalue weighted by molar-refractivity contribution is 14.1. The summed E-state index contributed by atoms with van der Waals surface area (Å²) in [5.41, 5.74) is 2.67. The van der Waals surface area contributed by atoms with Crippen LogP contribution in [0.3, 0.4) is 0 Å². The fourth-order valence-electron chi connectivity index (χ4n) is 6.34. The summed E-state index contributed by atoms with van der Waals surface area (Å²) in [6.45, 7) is 0. The van der Waals surface area contributed by atoms with Crippen LogP contribution in [0, 0.1) is 3.57 Å². The molecule has 0 aliphatic heterocycles. The molecule has 2 aromatic heterocycles. The van der Waals surface area contributed by atoms with Crippen LogP contribution in [-0.4, -0.2) is 9.13 Å². The van der Waals surface area contributed by atoms with Crippen molar-refractivity contribution in [2.45, 2.75) is 0 Å². The average molecular weight is 701 g/mol. The zero-order chi connectivity index (χ0) is 42.1. The van der Waals surface area contributed by atoms with Crippen LogP contribution in [0.4, 0.5) is 0 Å². The smallest absolute Gasteiger partial charge is 0.0645 e. The molecular weight excluding hydrogens is 659 g/mol. The molecule has 0 saturated carbocycles. The molecule has 0 atom stereocenters. The molecule has 2 nitrogen and oxygen atoms in total. The van der Waals surface area contributed by atoms with Gasteiger partial charge >= 0.3 is 0 Å². The van der Waals surface area contributed by atoms with Crippen LogP contribution in [0.15, 0.2) is 163 Å². The van der Waals surface area contributed by atoms with Crippen molar-refractivity contribution in [1.82, 2.24) is 9.13 Å². The molecule has 0 aliphatic rings. The second-order valence-electron chi connectivity index (χ2n) is 10.4. The third-order valence-corrected chi connectivity index (χ3v) is 8.68. The summed E-state index contributed by atoms with van der Waals surface area (Å²) in [6.07, 6.45) is 0. The van der Waals surface area contributed by atoms with E-state index in [-0.39, 0.29) is 51.6 Å². The maximum Gasteiger partial charge on any atom is 0.0645 e. The molecule has 45 heavy (non-hydrogen) atoms. The third-order valence-electron chi connectivity index (χ3n) is 8.06. The second-order valence-corrected chi connectivity index (χ2v) is 11.7. The van der Waals surface area contributed by atoms with Gasteiger partial charge < -0.3 is 9.13 Å². The molecule has 9 aromatic rings. The first-order chi connectivity index (χ1) is 28.1. The van der Waals surface area contributed by atoms with Crippen LogP contribution < -0.4 is 0 Å². The van der Waals surface area contributed by atoms with Gasteiger partial charge in [0, 0.05) is 36.2 Å². The van der Waals surface area contributed by atoms with Crippen molar-refractivity contribution in [3.05, 3.63) is 167 Å². The first-order valence-electron chi connectivity index (χ1n) is 21.1. The highest BCUT2D eigenvalue weighted by atomic mass is 127. The Balaban J connectivity index is 1.53. The molecule has 9 rings (SSSR count). The van der Waals surface area contributed by atoms with Gasteiger partial charge in [0.1, 0.15) is 0 Å². The zero-order valence-corrected chi connectivity index (χ0v) is 25.4. The molecule has 0 aliphatic carbocycles. The molecule has 0 N–H and O–H groups in total. The average Bonchev–Trinajstić information content (AvgIpc) is 3.76. The monoisotopic (exact) mass is 700 g/mol. The Morgan fingerprint density at radius 1 is 0.467 bits per heavy atom. The van der Waals surface area contributed by atoms with E-state index < -0.39 is 66.5 Å². The van der Waals surface area contributed by atoms with Crippen molar-refractivity contribution >= 4 is 66.2 Å². The van der Waals surface area contributed by atoms with Gasteiger partial charge in [0.05, 0.1) is 52.6 Å². The van der Waals surface area contributed by atoms with Crippen LogP contribution in [-0.2, 0) is 0 Å². The van der Waals surface area contributed by atoms with E-state index in [1.807, 2.05) is 75.7 Å². The van der Waals surface area contributed by atoms with Crippen LogP contribution in [0.25, 0.3) is 77.2 Å². The summed E-state index contributed by atoms with van der Waals surface area (Å²) in [4.78, 5) is 0. The summed E-state index contributed by atoms with van der Waals surface area (Å²) in [7, 11) is 0. The lowest BCUT2D eigenvalue weighted by Crippen LogP contribution is -2.02. The van der Waals surface area contributed by atoms with Crippen molar-refractivity contribution < 1.29 is 19.2 Å². The molecule has 0 bridgehead atoms. The number of rotatable bonds is 4. The molecular formula is C42H27IN2. The summed E-state index contributed by atoms with van der Waals surface area (Å²) in [6, 6.07) is 16.7. The minimum atomic E-state index is -0.590. The molecule has 2 heterocycles. The fraction of sp³-hybridized carbons (Fsp3) is 0. The number of nitrogens with zero attached hydrogens (tertiary/aromatic N) is 2. The predicted molar refractivity (Wildman–Crippen MR) is 199 cm³/mol. The first-order valence-corrected chi connectivity index (χ1v) is 15.2. The Bertz CT molecular complexity index is 3200. The van der Waals surface area contributed by atoms with Gasteiger partial charge in [-0.1, -0.05) is 121 Å². The SMILES string of the molecule is [2H]c1c([2H])c([2H])c(-c2cc(I)cc(-c3c([2H])c([2H])c([2H])c([2H])c3[2H])c2-n2c3ccccc3c3c(-n4c5ccccc5c5c([2H])c([2H])c([2H])c([2H])c54)cccc32)c([2H])c1[2H]. The summed E-state index contributed by atoms with van der Waals surface area (Å²) in [5.74, 6) is 0. The Labute approximate surface area is 294 Å². The Morgan fingerprint density at radius 3 is 1.71 bits per heavy atom. The third kappa shape index (κ3) is 4.08. The molecule has 0 amide bonds. The van der Waals surface area contributed by atoms with Crippen LogP contribution >= 0.6 is 22.6 Å². The minimum absolute atomic E-state index is 0.148. The summed E-state index contributed by atoms with van der Waals surface area (Å²) < 4.78 is 127. The number of halogens is 1. The minimum Gasteiger partial charge on any atom is -0.309 e. The van der Waals surface area contributed by atoms with E-state index in [1.54, 1.807) is 34.9 Å². The summed E-state index contributed by atoms with van der Waals surface area (Å²) in [5, 5.41) is 2.25. The maximum atomic E-state index is 9.13. The molecule has 212 valence electrons. The highest BCUT2D eigenvalue weighted by Crippen LogP contribution is 2.44. The number of benzene rings is 7. The van der Waals surface area contributed by atoms with Crippen molar-refractivity contribution in [1.29, 1.82) is 0 Å². The van der Waals surface area contributed by atoms with Gasteiger partial charge in [-0.15, -0.1) is 0 Å². The quantitative estimate of drug-likeness (QED) is 0.162. The standard InChI is InChI=1S/C42H27IN2/c43-30-26-34(28-14-3-1-4-15-28)42(35(27-30)29-16-5-2-6-17-29)45-38-23-12-9-20-33(38)41-39(24-13-25-40(41)45)44-36-21-10-7-18-31(36)32-19-8-11-22-37(32)44/h1-27H/i1D,2D,3D,4D,5D,6D,7D,10D,14D,15D,16D,17D,18D,21D. The molecule has 0 fully saturated rings. The number of fused-ring (bicyclic) bond motifs is 6. The van der Waals surface area contributed by atoms with Gasteiger partial charge in [-0.25, -0.2) is 0 Å². The number of hydrogen-bond acceptors (Lipinski definition) is 0. The molecule has 0 saturated heterocycles. The normalized spacial score (nSPS) is 16.0. The van der Waals surface area contributed by atoms with Crippen LogP contribution in [0.2, 0.25) is 0 Å². The van der Waals surface area contributed by atoms with E-state index in [1.165, 1.54) is 0 Å². The predicted octanol–water partition coefficient (Wildman–Crippen LogP) is 11.8. The van der Waals surface area contributed by atoms with Gasteiger partial charge in [0.25, 0.3) is 0 Å². The van der Waals surface area contributed by atoms with Crippen LogP contribution in [0.5, 0.6) is 0 Å². The lowest BCUT2D eigenvalue weighted by atomic mass is 9.95. The van der Waals surface area contributed by atoms with Crippen molar-refractivity contribution in [3.8, 4) is 33.6 Å². The van der Waals surface area contributed by atoms with Crippen molar-refractivity contribution in [2.75, 3.05) is 0 Å². The number of hydrogen-bond donors (Lipinski definition) is 0. The van der Waals surface area contributed by atoms with Gasteiger partial charge in [0.2, 0.25) is 0 Å². The first kappa shape index (κ1) is 15.7. The van der Waals surface area contributed by atoms with Gasteiger partial charge in [-0.2, -0.15) is 0 Å². The molecule has 7 aromatic carbocycles. The van der Waals surface area contributed by atoms with Crippen molar-refractivity contribution in [3.63, 3.8) is 0 Å². The number of para-hydroxylation sites is 3. The van der Waals surface area contributed by atoms with Gasteiger partial charge in [-0.3, -0.25) is 0 Å². The summed E-state index contributed by atoms with van der Waals surface area (Å²) >= 11 is 2.01. The molecule has 0 unspecified atom stereocenters. The van der Waals surface area contributed by atoms with E-state index in [2.05, 4.69) is 0 Å². The fourth-order valence-corrected chi connectivity index (χ4v) is 6.96. The maximum absolute atomic E-state index is 9.13. The largest absolute Gasteiger partial charge is 0.309 e. The van der Waals surface area contributed by atoms with E-state index >= 15 is 0 Å². The van der Waals surface area contributed by atoms with Gasteiger partial charge in [-0.05, 0) is 76.2 Å². The lowest BCUT2D eigenvalue weighted by molar-refractivity contribution is 1.17. The molecule has 3 heteroatoms. The lowest BCUT2D eigenvalue weighted by Gasteiger charge is -2.20. The highest BCUT2D eigenvalue weighted by Gasteiger charge is 2.23. The van der Waals surface area contributed by atoms with Crippen molar-refractivity contribution in [2.24, 2.45) is 0 Å². The Morgan fingerprint density at radius 2 is 1.02 bits per heavy atom. The van der Waals surface area contributed by atoms with E-state index in [0.29, 0.717) is 47.4 Å². The van der Waals surface area contributed by atoms with E-state index in [0.717, 1.165) is 0 Å². The number of aromatic nitrogens is 2. The molecule has 0 radical (unpaired) electrons. The van der Waals surface area contributed by atoms with E-state index in [9.17, 15) is 0 Å².